The predicted octanol–water partition coefficient (Wildman–Crippen LogP) is 2.52. The second-order valence-electron chi connectivity index (χ2n) is 3.51. The van der Waals surface area contributed by atoms with Crippen LogP contribution in [0.15, 0.2) is 41.4 Å². The number of aromatic carboxylic acids is 1. The number of rotatable bonds is 4. The van der Waals surface area contributed by atoms with Gasteiger partial charge < -0.3 is 9.84 Å². The maximum absolute atomic E-state index is 10.8. The smallest absolute Gasteiger partial charge is 0.337 e. The molecule has 0 aliphatic rings. The van der Waals surface area contributed by atoms with Gasteiger partial charge in [-0.25, -0.2) is 4.79 Å². The molecule has 0 spiro atoms. The quantitative estimate of drug-likeness (QED) is 0.939. The summed E-state index contributed by atoms with van der Waals surface area (Å²) in [6.07, 6.45) is 6.10. The Balaban J connectivity index is 2.06. The molecule has 18 heavy (non-hydrogen) atoms. The fourth-order valence-electron chi connectivity index (χ4n) is 1.32. The number of carboxylic acid groups (broad SMARTS) is 1. The van der Waals surface area contributed by atoms with Crippen LogP contribution < -0.4 is 4.74 Å². The lowest BCUT2D eigenvalue weighted by Crippen LogP contribution is -2.00. The molecule has 92 valence electrons. The topological polar surface area (TPSA) is 72.3 Å². The molecule has 2 heterocycles. The molecule has 0 atom stereocenters. The number of carbonyl (C=O) groups is 1. The van der Waals surface area contributed by atoms with Gasteiger partial charge in [0, 0.05) is 28.6 Å². The van der Waals surface area contributed by atoms with Gasteiger partial charge in [0.25, 0.3) is 0 Å². The first-order chi connectivity index (χ1) is 8.65. The van der Waals surface area contributed by atoms with Crippen LogP contribution in [0.25, 0.3) is 0 Å². The van der Waals surface area contributed by atoms with E-state index in [-0.39, 0.29) is 5.56 Å². The zero-order valence-electron chi connectivity index (χ0n) is 9.21. The first-order valence-corrected chi connectivity index (χ1v) is 5.85. The maximum Gasteiger partial charge on any atom is 0.337 e. The second kappa shape index (κ2) is 5.59. The number of aromatic nitrogens is 2. The van der Waals surface area contributed by atoms with Crippen molar-refractivity contribution in [3.8, 4) is 5.75 Å². The van der Waals surface area contributed by atoms with E-state index in [0.717, 1.165) is 10.0 Å². The average Bonchev–Trinajstić information content (AvgIpc) is 2.37. The summed E-state index contributed by atoms with van der Waals surface area (Å²) in [5.41, 5.74) is 0.977. The number of ether oxygens (including phenoxy) is 1. The summed E-state index contributed by atoms with van der Waals surface area (Å²) in [5, 5.41) is 8.82. The van der Waals surface area contributed by atoms with Crippen molar-refractivity contribution in [1.82, 2.24) is 9.97 Å². The molecule has 0 radical (unpaired) electrons. The molecule has 0 bridgehead atoms. The van der Waals surface area contributed by atoms with Crippen LogP contribution in [0.2, 0.25) is 0 Å². The number of hydrogen-bond donors (Lipinski definition) is 1. The molecule has 0 saturated carbocycles. The van der Waals surface area contributed by atoms with E-state index in [4.69, 9.17) is 9.84 Å². The molecule has 0 unspecified atom stereocenters. The lowest BCUT2D eigenvalue weighted by Gasteiger charge is -2.06. The Kier molecular flexibility index (Phi) is 3.88. The Labute approximate surface area is 112 Å². The zero-order chi connectivity index (χ0) is 13.0. The molecule has 0 aliphatic carbocycles. The van der Waals surface area contributed by atoms with Crippen LogP contribution in [-0.4, -0.2) is 21.0 Å². The van der Waals surface area contributed by atoms with Crippen molar-refractivity contribution in [2.45, 2.75) is 6.61 Å². The van der Waals surface area contributed by atoms with E-state index in [1.807, 2.05) is 6.07 Å². The van der Waals surface area contributed by atoms with Gasteiger partial charge in [-0.2, -0.15) is 0 Å². The molecule has 6 heteroatoms. The minimum Gasteiger partial charge on any atom is -0.487 e. The van der Waals surface area contributed by atoms with Gasteiger partial charge >= 0.3 is 5.97 Å². The van der Waals surface area contributed by atoms with E-state index >= 15 is 0 Å². The largest absolute Gasteiger partial charge is 0.487 e. The molecule has 0 fully saturated rings. The first-order valence-electron chi connectivity index (χ1n) is 5.06. The molecule has 2 aromatic rings. The summed E-state index contributed by atoms with van der Waals surface area (Å²) in [5.74, 6) is -0.619. The Bertz CT molecular complexity index is 575. The van der Waals surface area contributed by atoms with Crippen molar-refractivity contribution in [1.29, 1.82) is 0 Å². The molecule has 2 rings (SSSR count). The van der Waals surface area contributed by atoms with Gasteiger partial charge in [-0.15, -0.1) is 0 Å². The van der Waals surface area contributed by atoms with Crippen molar-refractivity contribution in [3.05, 3.63) is 52.5 Å². The summed E-state index contributed by atoms with van der Waals surface area (Å²) >= 11 is 3.31. The third kappa shape index (κ3) is 3.27. The molecule has 0 amide bonds. The van der Waals surface area contributed by atoms with Crippen LogP contribution in [0.1, 0.15) is 15.9 Å². The first kappa shape index (κ1) is 12.5. The molecular formula is C12H9BrN2O3. The highest BCUT2D eigenvalue weighted by molar-refractivity contribution is 9.10. The van der Waals surface area contributed by atoms with E-state index < -0.39 is 5.97 Å². The molecule has 0 aromatic carbocycles. The van der Waals surface area contributed by atoms with Gasteiger partial charge in [-0.3, -0.25) is 9.97 Å². The van der Waals surface area contributed by atoms with E-state index in [1.54, 1.807) is 12.4 Å². The zero-order valence-corrected chi connectivity index (χ0v) is 10.8. The summed E-state index contributed by atoms with van der Waals surface area (Å²) in [7, 11) is 0. The van der Waals surface area contributed by atoms with E-state index in [1.165, 1.54) is 18.5 Å². The van der Waals surface area contributed by atoms with E-state index in [0.29, 0.717) is 12.4 Å². The molecule has 1 N–H and O–H groups in total. The number of pyridine rings is 2. The third-order valence-corrected chi connectivity index (χ3v) is 2.56. The van der Waals surface area contributed by atoms with Crippen molar-refractivity contribution in [3.63, 3.8) is 0 Å². The Hall–Kier alpha value is -1.95. The van der Waals surface area contributed by atoms with Crippen molar-refractivity contribution in [2.24, 2.45) is 0 Å². The van der Waals surface area contributed by atoms with Gasteiger partial charge in [-0.05, 0) is 28.1 Å². The van der Waals surface area contributed by atoms with Crippen LogP contribution >= 0.6 is 15.9 Å². The third-order valence-electron chi connectivity index (χ3n) is 2.13. The average molecular weight is 309 g/mol. The standard InChI is InChI=1S/C12H9BrN2O3/c13-10-1-8(3-14-5-10)7-18-11-2-9(12(16)17)4-15-6-11/h1-6H,7H2,(H,16,17). The fraction of sp³-hybridized carbons (Fsp3) is 0.0833. The monoisotopic (exact) mass is 308 g/mol. The van der Waals surface area contributed by atoms with Crippen LogP contribution in [0.5, 0.6) is 5.75 Å². The summed E-state index contributed by atoms with van der Waals surface area (Å²) in [6.45, 7) is 0.303. The lowest BCUT2D eigenvalue weighted by molar-refractivity contribution is 0.0696. The van der Waals surface area contributed by atoms with Crippen LogP contribution in [-0.2, 0) is 6.61 Å². The molecule has 2 aromatic heterocycles. The van der Waals surface area contributed by atoms with Crippen LogP contribution in [0, 0.1) is 0 Å². The van der Waals surface area contributed by atoms with Gasteiger partial charge in [0.2, 0.25) is 0 Å². The summed E-state index contributed by atoms with van der Waals surface area (Å²) in [6, 6.07) is 3.31. The molecule has 0 saturated heterocycles. The van der Waals surface area contributed by atoms with Crippen molar-refractivity contribution >= 4 is 21.9 Å². The minimum atomic E-state index is -1.03. The minimum absolute atomic E-state index is 0.0971. The molecule has 5 nitrogen and oxygen atoms in total. The second-order valence-corrected chi connectivity index (χ2v) is 4.43. The Morgan fingerprint density at radius 1 is 1.22 bits per heavy atom. The number of hydrogen-bond acceptors (Lipinski definition) is 4. The predicted molar refractivity (Wildman–Crippen MR) is 67.5 cm³/mol. The van der Waals surface area contributed by atoms with Gasteiger partial charge in [0.1, 0.15) is 12.4 Å². The maximum atomic E-state index is 10.8. The van der Waals surface area contributed by atoms with Gasteiger partial charge in [0.15, 0.2) is 0 Å². The van der Waals surface area contributed by atoms with E-state index in [9.17, 15) is 4.79 Å². The number of halogens is 1. The van der Waals surface area contributed by atoms with Crippen molar-refractivity contribution in [2.75, 3.05) is 0 Å². The molecular weight excluding hydrogens is 300 g/mol. The van der Waals surface area contributed by atoms with Crippen LogP contribution in [0.3, 0.4) is 0 Å². The fourth-order valence-corrected chi connectivity index (χ4v) is 1.73. The number of carboxylic acids is 1. The highest BCUT2D eigenvalue weighted by Crippen LogP contribution is 2.15. The normalized spacial score (nSPS) is 10.1. The highest BCUT2D eigenvalue weighted by atomic mass is 79.9. The van der Waals surface area contributed by atoms with Crippen molar-refractivity contribution < 1.29 is 14.6 Å². The molecule has 0 aliphatic heterocycles. The van der Waals surface area contributed by atoms with Crippen LogP contribution in [0.4, 0.5) is 0 Å². The highest BCUT2D eigenvalue weighted by Gasteiger charge is 2.05. The lowest BCUT2D eigenvalue weighted by atomic mass is 10.3. The summed E-state index contributed by atoms with van der Waals surface area (Å²) in [4.78, 5) is 18.6. The van der Waals surface area contributed by atoms with Gasteiger partial charge in [0.05, 0.1) is 11.8 Å². The van der Waals surface area contributed by atoms with E-state index in [2.05, 4.69) is 25.9 Å². The number of nitrogens with zero attached hydrogens (tertiary/aromatic N) is 2. The SMILES string of the molecule is O=C(O)c1cncc(OCc2cncc(Br)c2)c1. The van der Waals surface area contributed by atoms with Gasteiger partial charge in [-0.1, -0.05) is 0 Å². The summed E-state index contributed by atoms with van der Waals surface area (Å²) < 4.78 is 6.31. The Morgan fingerprint density at radius 3 is 2.72 bits per heavy atom. The Morgan fingerprint density at radius 2 is 2.00 bits per heavy atom.